The van der Waals surface area contributed by atoms with Crippen LogP contribution in [0.25, 0.3) is 0 Å². The van der Waals surface area contributed by atoms with Crippen molar-refractivity contribution in [2.45, 2.75) is 44.9 Å². The number of anilines is 1. The van der Waals surface area contributed by atoms with Gasteiger partial charge in [0.25, 0.3) is 5.69 Å². The number of amides is 2. The van der Waals surface area contributed by atoms with Gasteiger partial charge in [-0.15, -0.1) is 11.8 Å². The molecule has 0 radical (unpaired) electrons. The van der Waals surface area contributed by atoms with E-state index in [0.29, 0.717) is 57.3 Å². The smallest absolute Gasteiger partial charge is 0.411 e. The number of likely N-dealkylation sites (tertiary alicyclic amines) is 1. The van der Waals surface area contributed by atoms with Crippen molar-refractivity contribution in [3.8, 4) is 0 Å². The first-order valence-electron chi connectivity index (χ1n) is 11.7. The highest BCUT2D eigenvalue weighted by atomic mass is 32.2. The summed E-state index contributed by atoms with van der Waals surface area (Å²) in [4.78, 5) is 45.1. The predicted molar refractivity (Wildman–Crippen MR) is 131 cm³/mol. The van der Waals surface area contributed by atoms with Crippen molar-refractivity contribution in [1.29, 1.82) is 0 Å². The lowest BCUT2D eigenvalue weighted by Gasteiger charge is -2.38. The van der Waals surface area contributed by atoms with Gasteiger partial charge in [0.05, 0.1) is 10.8 Å². The van der Waals surface area contributed by atoms with Crippen LogP contribution < -0.4 is 4.90 Å². The van der Waals surface area contributed by atoms with Crippen LogP contribution in [0.2, 0.25) is 0 Å². The average molecular weight is 492 g/mol. The second kappa shape index (κ2) is 9.99. The Labute approximate surface area is 204 Å². The van der Waals surface area contributed by atoms with Crippen molar-refractivity contribution in [1.82, 2.24) is 14.7 Å². The number of rotatable bonds is 4. The first kappa shape index (κ1) is 24.6. The van der Waals surface area contributed by atoms with E-state index < -0.39 is 17.7 Å². The standard InChI is InChI=1S/C23H33N5O5S/c1-23(2,3)33-22(30)27-15-17(14-20(27)21(29)26-12-13-34-16-26)24-8-10-25(11-9-24)18-6-4-5-7-19(18)28(31)32/h4-7,17,20H,8-16H2,1-3H3/t17-,20-/m0/s1. The molecule has 0 N–H and O–H groups in total. The zero-order valence-corrected chi connectivity index (χ0v) is 20.8. The fraction of sp³-hybridized carbons (Fsp3) is 0.652. The van der Waals surface area contributed by atoms with Gasteiger partial charge in [0.15, 0.2) is 0 Å². The summed E-state index contributed by atoms with van der Waals surface area (Å²) in [5.74, 6) is 1.58. The number of para-hydroxylation sites is 2. The molecule has 1 aromatic carbocycles. The molecule has 3 heterocycles. The van der Waals surface area contributed by atoms with Crippen LogP contribution in [0.5, 0.6) is 0 Å². The van der Waals surface area contributed by atoms with E-state index in [0.717, 1.165) is 5.75 Å². The molecule has 3 aliphatic heterocycles. The quantitative estimate of drug-likeness (QED) is 0.468. The van der Waals surface area contributed by atoms with Gasteiger partial charge in [-0.1, -0.05) is 12.1 Å². The zero-order valence-electron chi connectivity index (χ0n) is 20.0. The monoisotopic (exact) mass is 491 g/mol. The zero-order chi connectivity index (χ0) is 24.5. The van der Waals surface area contributed by atoms with Gasteiger partial charge in [-0.3, -0.25) is 24.7 Å². The Bertz CT molecular complexity index is 925. The van der Waals surface area contributed by atoms with Crippen LogP contribution in [0.1, 0.15) is 27.2 Å². The lowest BCUT2D eigenvalue weighted by Crippen LogP contribution is -2.51. The number of hydrogen-bond acceptors (Lipinski definition) is 8. The first-order valence-corrected chi connectivity index (χ1v) is 12.9. The van der Waals surface area contributed by atoms with Crippen molar-refractivity contribution < 1.29 is 19.2 Å². The van der Waals surface area contributed by atoms with E-state index in [1.54, 1.807) is 28.8 Å². The lowest BCUT2D eigenvalue weighted by molar-refractivity contribution is -0.384. The number of thioether (sulfide) groups is 1. The van der Waals surface area contributed by atoms with Gasteiger partial charge < -0.3 is 14.5 Å². The van der Waals surface area contributed by atoms with E-state index in [9.17, 15) is 19.7 Å². The summed E-state index contributed by atoms with van der Waals surface area (Å²) in [6.45, 7) is 9.35. The molecule has 3 aliphatic rings. The fourth-order valence-corrected chi connectivity index (χ4v) is 5.80. The minimum atomic E-state index is -0.637. The van der Waals surface area contributed by atoms with Gasteiger partial charge >= 0.3 is 6.09 Å². The SMILES string of the molecule is CC(C)(C)OC(=O)N1C[C@@H](N2CCN(c3ccccc3[N+](=O)[O-])CC2)C[C@H]1C(=O)N1CCSC1. The number of carbonyl (C=O) groups is 2. The Morgan fingerprint density at radius 3 is 2.44 bits per heavy atom. The maximum atomic E-state index is 13.3. The normalized spacial score (nSPS) is 23.9. The van der Waals surface area contributed by atoms with Gasteiger partial charge in [0.2, 0.25) is 5.91 Å². The maximum absolute atomic E-state index is 13.3. The largest absolute Gasteiger partial charge is 0.444 e. The maximum Gasteiger partial charge on any atom is 0.411 e. The third-order valence-electron chi connectivity index (χ3n) is 6.51. The topological polar surface area (TPSA) is 99.5 Å². The fourth-order valence-electron chi connectivity index (χ4n) is 4.85. The summed E-state index contributed by atoms with van der Waals surface area (Å²) >= 11 is 1.73. The van der Waals surface area contributed by atoms with Gasteiger partial charge in [0.1, 0.15) is 17.3 Å². The number of ether oxygens (including phenoxy) is 1. The minimum absolute atomic E-state index is 0.00287. The Kier molecular flexibility index (Phi) is 7.22. The van der Waals surface area contributed by atoms with Gasteiger partial charge in [-0.2, -0.15) is 0 Å². The third-order valence-corrected chi connectivity index (χ3v) is 7.47. The third kappa shape index (κ3) is 5.41. The van der Waals surface area contributed by atoms with Crippen molar-refractivity contribution >= 4 is 35.1 Å². The number of hydrogen-bond donors (Lipinski definition) is 0. The highest BCUT2D eigenvalue weighted by molar-refractivity contribution is 7.99. The second-order valence-corrected chi connectivity index (χ2v) is 11.0. The highest BCUT2D eigenvalue weighted by Gasteiger charge is 2.45. The number of benzene rings is 1. The summed E-state index contributed by atoms with van der Waals surface area (Å²) < 4.78 is 5.63. The molecule has 0 bridgehead atoms. The van der Waals surface area contributed by atoms with Crippen LogP contribution in [0, 0.1) is 10.1 Å². The van der Waals surface area contributed by atoms with E-state index in [1.165, 1.54) is 6.07 Å². The molecule has 0 saturated carbocycles. The summed E-state index contributed by atoms with van der Waals surface area (Å²) in [6.07, 6.45) is 0.129. The first-order chi connectivity index (χ1) is 16.1. The molecular weight excluding hydrogens is 458 g/mol. The molecule has 3 saturated heterocycles. The number of piperazine rings is 1. The van der Waals surface area contributed by atoms with Crippen LogP contribution >= 0.6 is 11.8 Å². The number of nitro benzene ring substituents is 1. The van der Waals surface area contributed by atoms with Gasteiger partial charge in [0, 0.05) is 57.1 Å². The highest BCUT2D eigenvalue weighted by Crippen LogP contribution is 2.31. The summed E-state index contributed by atoms with van der Waals surface area (Å²) in [5, 5.41) is 11.4. The second-order valence-electron chi connectivity index (χ2n) is 9.95. The Morgan fingerprint density at radius 2 is 1.82 bits per heavy atom. The number of nitro groups is 1. The molecule has 0 aliphatic carbocycles. The van der Waals surface area contributed by atoms with E-state index in [2.05, 4.69) is 4.90 Å². The molecule has 34 heavy (non-hydrogen) atoms. The van der Waals surface area contributed by atoms with E-state index in [-0.39, 0.29) is 22.6 Å². The Balaban J connectivity index is 1.44. The summed E-state index contributed by atoms with van der Waals surface area (Å²) in [6, 6.07) is 6.34. The molecule has 186 valence electrons. The van der Waals surface area contributed by atoms with E-state index >= 15 is 0 Å². The van der Waals surface area contributed by atoms with Crippen LogP contribution in [0.4, 0.5) is 16.2 Å². The molecule has 0 unspecified atom stereocenters. The van der Waals surface area contributed by atoms with Gasteiger partial charge in [-0.25, -0.2) is 4.79 Å². The lowest BCUT2D eigenvalue weighted by atomic mass is 10.1. The van der Waals surface area contributed by atoms with Crippen LogP contribution in [-0.4, -0.2) is 100 Å². The van der Waals surface area contributed by atoms with Crippen molar-refractivity contribution in [2.24, 2.45) is 0 Å². The average Bonchev–Trinajstić information content (AvgIpc) is 3.48. The van der Waals surface area contributed by atoms with E-state index in [4.69, 9.17) is 4.74 Å². The van der Waals surface area contributed by atoms with Crippen molar-refractivity contribution in [2.75, 3.05) is 55.8 Å². The van der Waals surface area contributed by atoms with Gasteiger partial charge in [-0.05, 0) is 33.3 Å². The molecule has 4 rings (SSSR count). The summed E-state index contributed by atoms with van der Waals surface area (Å²) in [5.41, 5.74) is 0.109. The van der Waals surface area contributed by atoms with Crippen molar-refractivity contribution in [3.05, 3.63) is 34.4 Å². The molecule has 10 nitrogen and oxygen atoms in total. The molecule has 1 aromatic rings. The van der Waals surface area contributed by atoms with E-state index in [1.807, 2.05) is 36.6 Å². The minimum Gasteiger partial charge on any atom is -0.444 e. The summed E-state index contributed by atoms with van der Waals surface area (Å²) in [7, 11) is 0. The number of carbonyl (C=O) groups excluding carboxylic acids is 2. The van der Waals surface area contributed by atoms with Crippen LogP contribution in [0.3, 0.4) is 0 Å². The molecule has 3 fully saturated rings. The Hall–Kier alpha value is -2.53. The Morgan fingerprint density at radius 1 is 1.12 bits per heavy atom. The van der Waals surface area contributed by atoms with Crippen molar-refractivity contribution in [3.63, 3.8) is 0 Å². The molecule has 2 atom stereocenters. The molecule has 2 amide bonds. The predicted octanol–water partition coefficient (Wildman–Crippen LogP) is 2.63. The van der Waals surface area contributed by atoms with Crippen LogP contribution in [-0.2, 0) is 9.53 Å². The molecular formula is C23H33N5O5S. The number of nitrogens with zero attached hydrogens (tertiary/aromatic N) is 5. The van der Waals surface area contributed by atoms with Crippen LogP contribution in [0.15, 0.2) is 24.3 Å². The molecule has 11 heteroatoms. The molecule has 0 aromatic heterocycles. The molecule has 0 spiro atoms.